The number of hydrazine groups is 1. The Morgan fingerprint density at radius 3 is 2.61 bits per heavy atom. The number of carbonyl (C=O) groups is 1. The Labute approximate surface area is 131 Å². The Kier molecular flexibility index (Phi) is 5.18. The number of nitrogens with one attached hydrogen (secondary N) is 3. The molecule has 1 amide bonds. The normalized spacial score (nSPS) is 9.74. The number of nitro groups is 1. The smallest absolute Gasteiger partial charge is 0.354 e. The summed E-state index contributed by atoms with van der Waals surface area (Å²) >= 11 is 0. The number of nitrogens with zero attached hydrogens (tertiary/aromatic N) is 3. The molecule has 118 valence electrons. The summed E-state index contributed by atoms with van der Waals surface area (Å²) in [5, 5.41) is 14.0. The van der Waals surface area contributed by atoms with Crippen molar-refractivity contribution in [3.05, 3.63) is 65.0 Å². The Hall–Kier alpha value is -3.49. The van der Waals surface area contributed by atoms with Gasteiger partial charge in [0, 0.05) is 12.1 Å². The minimum atomic E-state index is -0.636. The standard InChI is InChI=1S/C14H14N6O3/c1-2-8-15-12-11(20(22)23)13(17-9-16-12)18-19-14(21)10-6-4-3-5-7-10/h2-7,9H,1,8H2,(H,19,21)(H2,15,16,17,18). The Morgan fingerprint density at radius 1 is 1.26 bits per heavy atom. The molecule has 0 atom stereocenters. The van der Waals surface area contributed by atoms with Crippen LogP contribution in [0.5, 0.6) is 0 Å². The summed E-state index contributed by atoms with van der Waals surface area (Å²) in [7, 11) is 0. The van der Waals surface area contributed by atoms with Gasteiger partial charge in [0.15, 0.2) is 0 Å². The monoisotopic (exact) mass is 314 g/mol. The highest BCUT2D eigenvalue weighted by atomic mass is 16.6. The van der Waals surface area contributed by atoms with Crippen LogP contribution in [0.15, 0.2) is 49.3 Å². The Bertz CT molecular complexity index is 720. The van der Waals surface area contributed by atoms with Gasteiger partial charge in [-0.05, 0) is 12.1 Å². The summed E-state index contributed by atoms with van der Waals surface area (Å²) in [6.07, 6.45) is 2.69. The molecular formula is C14H14N6O3. The first-order valence-electron chi connectivity index (χ1n) is 6.59. The van der Waals surface area contributed by atoms with E-state index >= 15 is 0 Å². The molecule has 1 aromatic carbocycles. The van der Waals surface area contributed by atoms with Crippen LogP contribution >= 0.6 is 0 Å². The molecule has 0 aliphatic carbocycles. The second-order valence-electron chi connectivity index (χ2n) is 4.29. The van der Waals surface area contributed by atoms with Crippen LogP contribution in [0.3, 0.4) is 0 Å². The Balaban J connectivity index is 2.17. The number of benzene rings is 1. The van der Waals surface area contributed by atoms with Crippen molar-refractivity contribution >= 4 is 23.2 Å². The quantitative estimate of drug-likeness (QED) is 0.404. The molecule has 0 aliphatic heterocycles. The van der Waals surface area contributed by atoms with Crippen molar-refractivity contribution in [2.24, 2.45) is 0 Å². The fraction of sp³-hybridized carbons (Fsp3) is 0.0714. The number of aromatic nitrogens is 2. The lowest BCUT2D eigenvalue weighted by Gasteiger charge is -2.10. The molecule has 1 aromatic heterocycles. The minimum Gasteiger partial charge on any atom is -0.361 e. The lowest BCUT2D eigenvalue weighted by atomic mass is 10.2. The summed E-state index contributed by atoms with van der Waals surface area (Å²) in [4.78, 5) is 30.1. The molecule has 0 saturated heterocycles. The lowest BCUT2D eigenvalue weighted by molar-refractivity contribution is -0.383. The number of rotatable bonds is 7. The zero-order chi connectivity index (χ0) is 16.7. The summed E-state index contributed by atoms with van der Waals surface area (Å²) in [6.45, 7) is 3.82. The van der Waals surface area contributed by atoms with Crippen molar-refractivity contribution in [3.8, 4) is 0 Å². The van der Waals surface area contributed by atoms with E-state index in [0.717, 1.165) is 6.33 Å². The van der Waals surface area contributed by atoms with Crippen LogP contribution in [0.2, 0.25) is 0 Å². The molecule has 0 saturated carbocycles. The molecule has 2 rings (SSSR count). The van der Waals surface area contributed by atoms with E-state index in [4.69, 9.17) is 0 Å². The maximum atomic E-state index is 11.9. The molecule has 1 heterocycles. The minimum absolute atomic E-state index is 0.0290. The molecule has 0 aliphatic rings. The van der Waals surface area contributed by atoms with Crippen LogP contribution in [0.1, 0.15) is 10.4 Å². The summed E-state index contributed by atoms with van der Waals surface area (Å²) in [6, 6.07) is 8.42. The van der Waals surface area contributed by atoms with Crippen LogP contribution in [0.25, 0.3) is 0 Å². The molecule has 9 nitrogen and oxygen atoms in total. The van der Waals surface area contributed by atoms with Gasteiger partial charge >= 0.3 is 5.69 Å². The predicted molar refractivity (Wildman–Crippen MR) is 84.9 cm³/mol. The lowest BCUT2D eigenvalue weighted by Crippen LogP contribution is -2.30. The molecule has 3 N–H and O–H groups in total. The molecule has 2 aromatic rings. The highest BCUT2D eigenvalue weighted by Gasteiger charge is 2.23. The van der Waals surface area contributed by atoms with E-state index in [1.54, 1.807) is 30.3 Å². The van der Waals surface area contributed by atoms with Gasteiger partial charge in [-0.1, -0.05) is 24.3 Å². The van der Waals surface area contributed by atoms with Crippen molar-refractivity contribution in [2.75, 3.05) is 17.3 Å². The van der Waals surface area contributed by atoms with E-state index < -0.39 is 10.8 Å². The third-order valence-electron chi connectivity index (χ3n) is 2.75. The molecule has 0 unspecified atom stereocenters. The van der Waals surface area contributed by atoms with Gasteiger partial charge in [-0.15, -0.1) is 6.58 Å². The van der Waals surface area contributed by atoms with Gasteiger partial charge in [-0.25, -0.2) is 9.97 Å². The first-order valence-corrected chi connectivity index (χ1v) is 6.59. The van der Waals surface area contributed by atoms with Gasteiger partial charge in [0.25, 0.3) is 5.91 Å². The van der Waals surface area contributed by atoms with Crippen molar-refractivity contribution < 1.29 is 9.72 Å². The number of amides is 1. The number of carbonyl (C=O) groups excluding carboxylic acids is 1. The van der Waals surface area contributed by atoms with Gasteiger partial charge in [-0.3, -0.25) is 25.8 Å². The Morgan fingerprint density at radius 2 is 1.96 bits per heavy atom. The second-order valence-corrected chi connectivity index (χ2v) is 4.29. The molecule has 0 bridgehead atoms. The zero-order valence-electron chi connectivity index (χ0n) is 12.0. The van der Waals surface area contributed by atoms with Crippen LogP contribution in [-0.4, -0.2) is 27.3 Å². The summed E-state index contributed by atoms with van der Waals surface area (Å²) < 4.78 is 0. The van der Waals surface area contributed by atoms with Crippen LogP contribution in [-0.2, 0) is 0 Å². The molecular weight excluding hydrogens is 300 g/mol. The average Bonchev–Trinajstić information content (AvgIpc) is 2.58. The SMILES string of the molecule is C=CCNc1ncnc(NNC(=O)c2ccccc2)c1[N+](=O)[O-]. The van der Waals surface area contributed by atoms with E-state index in [2.05, 4.69) is 32.7 Å². The largest absolute Gasteiger partial charge is 0.361 e. The first-order chi connectivity index (χ1) is 11.1. The fourth-order valence-electron chi connectivity index (χ4n) is 1.72. The van der Waals surface area contributed by atoms with Gasteiger partial charge in [0.2, 0.25) is 11.6 Å². The van der Waals surface area contributed by atoms with Crippen LogP contribution < -0.4 is 16.2 Å². The molecule has 9 heteroatoms. The third kappa shape index (κ3) is 4.00. The van der Waals surface area contributed by atoms with Gasteiger partial charge in [0.1, 0.15) is 6.33 Å². The van der Waals surface area contributed by atoms with Gasteiger partial charge in [-0.2, -0.15) is 0 Å². The number of anilines is 2. The third-order valence-corrected chi connectivity index (χ3v) is 2.75. The average molecular weight is 314 g/mol. The molecule has 0 spiro atoms. The number of hydrogen-bond donors (Lipinski definition) is 3. The first kappa shape index (κ1) is 15.9. The zero-order valence-corrected chi connectivity index (χ0v) is 12.0. The van der Waals surface area contributed by atoms with Gasteiger partial charge in [0.05, 0.1) is 4.92 Å². The molecule has 0 fully saturated rings. The van der Waals surface area contributed by atoms with E-state index in [0.29, 0.717) is 12.1 Å². The summed E-state index contributed by atoms with van der Waals surface area (Å²) in [5.74, 6) is -0.540. The maximum absolute atomic E-state index is 11.9. The summed E-state index contributed by atoms with van der Waals surface area (Å²) in [5.41, 5.74) is 4.85. The van der Waals surface area contributed by atoms with Crippen molar-refractivity contribution in [1.29, 1.82) is 0 Å². The predicted octanol–water partition coefficient (Wildman–Crippen LogP) is 1.74. The van der Waals surface area contributed by atoms with Crippen molar-refractivity contribution in [3.63, 3.8) is 0 Å². The topological polar surface area (TPSA) is 122 Å². The second kappa shape index (κ2) is 7.50. The number of hydrogen-bond acceptors (Lipinski definition) is 7. The highest BCUT2D eigenvalue weighted by Crippen LogP contribution is 2.28. The fourth-order valence-corrected chi connectivity index (χ4v) is 1.72. The van der Waals surface area contributed by atoms with Crippen molar-refractivity contribution in [2.45, 2.75) is 0 Å². The molecule has 0 radical (unpaired) electrons. The van der Waals surface area contributed by atoms with Crippen LogP contribution in [0.4, 0.5) is 17.3 Å². The maximum Gasteiger partial charge on any atom is 0.354 e. The van der Waals surface area contributed by atoms with Crippen molar-refractivity contribution in [1.82, 2.24) is 15.4 Å². The van der Waals surface area contributed by atoms with E-state index in [-0.39, 0.29) is 17.3 Å². The van der Waals surface area contributed by atoms with Crippen LogP contribution in [0, 0.1) is 10.1 Å². The van der Waals surface area contributed by atoms with E-state index in [1.807, 2.05) is 0 Å². The molecule has 23 heavy (non-hydrogen) atoms. The highest BCUT2D eigenvalue weighted by molar-refractivity contribution is 5.95. The van der Waals surface area contributed by atoms with E-state index in [1.165, 1.54) is 6.08 Å². The van der Waals surface area contributed by atoms with E-state index in [9.17, 15) is 14.9 Å². The van der Waals surface area contributed by atoms with Gasteiger partial charge < -0.3 is 5.32 Å².